The number of carboxylic acid groups (broad SMARTS) is 1. The van der Waals surface area contributed by atoms with Crippen molar-refractivity contribution in [3.05, 3.63) is 52.9 Å². The van der Waals surface area contributed by atoms with Crippen LogP contribution >= 0.6 is 23.1 Å². The van der Waals surface area contributed by atoms with Gasteiger partial charge in [-0.2, -0.15) is 0 Å². The average Bonchev–Trinajstić information content (AvgIpc) is 3.27. The number of carbonyl (C=O) groups excluding carboxylic acids is 1. The van der Waals surface area contributed by atoms with Gasteiger partial charge >= 0.3 is 5.97 Å². The molecule has 0 unspecified atom stereocenters. The fourth-order valence-electron chi connectivity index (χ4n) is 2.31. The van der Waals surface area contributed by atoms with E-state index in [0.29, 0.717) is 28.8 Å². The van der Waals surface area contributed by atoms with Crippen molar-refractivity contribution in [2.75, 3.05) is 0 Å². The topological polar surface area (TPSA) is 111 Å². The molecule has 0 aliphatic carbocycles. The maximum Gasteiger partial charge on any atom is 0.305 e. The van der Waals surface area contributed by atoms with E-state index < -0.39 is 11.9 Å². The highest BCUT2D eigenvalue weighted by atomic mass is 32.2. The zero-order valence-electron chi connectivity index (χ0n) is 13.7. The van der Waals surface area contributed by atoms with Gasteiger partial charge in [0, 0.05) is 17.9 Å². The van der Waals surface area contributed by atoms with Crippen LogP contribution in [0.3, 0.4) is 0 Å². The molecule has 26 heavy (non-hydrogen) atoms. The van der Waals surface area contributed by atoms with Gasteiger partial charge in [-0.3, -0.25) is 9.59 Å². The molecule has 0 atom stereocenters. The third kappa shape index (κ3) is 4.30. The maximum absolute atomic E-state index is 11.1. The minimum absolute atomic E-state index is 0.00269. The summed E-state index contributed by atoms with van der Waals surface area (Å²) in [6.45, 7) is 0.304. The largest absolute Gasteiger partial charge is 0.481 e. The molecule has 0 saturated carbocycles. The number of thiophene rings is 1. The van der Waals surface area contributed by atoms with Crippen LogP contribution in [0.15, 0.2) is 46.9 Å². The predicted octanol–water partition coefficient (Wildman–Crippen LogP) is 2.87. The molecule has 3 aromatic rings. The van der Waals surface area contributed by atoms with Gasteiger partial charge < -0.3 is 15.4 Å². The molecule has 0 spiro atoms. The van der Waals surface area contributed by atoms with E-state index in [1.54, 1.807) is 12.1 Å². The highest BCUT2D eigenvalue weighted by Gasteiger charge is 2.16. The highest BCUT2D eigenvalue weighted by molar-refractivity contribution is 7.98. The van der Waals surface area contributed by atoms with E-state index >= 15 is 0 Å². The number of hydrogen-bond acceptors (Lipinski definition) is 6. The fourth-order valence-corrected chi connectivity index (χ4v) is 3.94. The first-order valence-corrected chi connectivity index (χ1v) is 9.61. The van der Waals surface area contributed by atoms with Gasteiger partial charge in [0.25, 0.3) is 0 Å². The molecule has 134 valence electrons. The van der Waals surface area contributed by atoms with Crippen LogP contribution < -0.4 is 5.73 Å². The number of rotatable bonds is 8. The molecule has 3 N–H and O–H groups in total. The number of hydrogen-bond donors (Lipinski definition) is 2. The van der Waals surface area contributed by atoms with Crippen molar-refractivity contribution in [1.29, 1.82) is 0 Å². The third-order valence-corrected chi connectivity index (χ3v) is 5.52. The lowest BCUT2D eigenvalue weighted by atomic mass is 10.1. The van der Waals surface area contributed by atoms with E-state index in [9.17, 15) is 9.59 Å². The van der Waals surface area contributed by atoms with Crippen molar-refractivity contribution in [2.45, 2.75) is 23.9 Å². The first kappa shape index (κ1) is 18.2. The summed E-state index contributed by atoms with van der Waals surface area (Å²) >= 11 is 3.00. The summed E-state index contributed by atoms with van der Waals surface area (Å²) in [5.74, 6) is -0.0332. The van der Waals surface area contributed by atoms with Crippen LogP contribution in [0, 0.1) is 0 Å². The number of thioether (sulfide) groups is 1. The number of aliphatic carboxylic acids is 1. The van der Waals surface area contributed by atoms with Crippen molar-refractivity contribution in [3.63, 3.8) is 0 Å². The molecule has 7 nitrogen and oxygen atoms in total. The summed E-state index contributed by atoms with van der Waals surface area (Å²) in [6.07, 6.45) is -0.00269. The number of benzene rings is 1. The van der Waals surface area contributed by atoms with Crippen LogP contribution in [0.5, 0.6) is 0 Å². The Bertz CT molecular complexity index is 905. The van der Waals surface area contributed by atoms with Gasteiger partial charge in [-0.15, -0.1) is 21.5 Å². The van der Waals surface area contributed by atoms with Gasteiger partial charge in [0.2, 0.25) is 5.91 Å². The van der Waals surface area contributed by atoms with Gasteiger partial charge in [0.05, 0.1) is 11.3 Å². The Morgan fingerprint density at radius 1 is 1.19 bits per heavy atom. The summed E-state index contributed by atoms with van der Waals surface area (Å²) in [5.41, 5.74) is 6.71. The summed E-state index contributed by atoms with van der Waals surface area (Å²) < 4.78 is 1.84. The predicted molar refractivity (Wildman–Crippen MR) is 100 cm³/mol. The average molecular weight is 388 g/mol. The lowest BCUT2D eigenvalue weighted by Crippen LogP contribution is -2.10. The summed E-state index contributed by atoms with van der Waals surface area (Å²) in [5, 5.41) is 20.1. The molecular weight excluding hydrogens is 372 g/mol. The normalized spacial score (nSPS) is 10.8. The molecule has 9 heteroatoms. The number of carbonyl (C=O) groups is 2. The minimum atomic E-state index is -0.867. The van der Waals surface area contributed by atoms with E-state index in [4.69, 9.17) is 10.8 Å². The second kappa shape index (κ2) is 8.15. The molecule has 0 radical (unpaired) electrons. The molecule has 0 aliphatic rings. The lowest BCUT2D eigenvalue weighted by Gasteiger charge is -2.08. The van der Waals surface area contributed by atoms with Gasteiger partial charge in [-0.1, -0.05) is 30.0 Å². The number of aromatic nitrogens is 3. The molecule has 0 fully saturated rings. The molecule has 0 bridgehead atoms. The van der Waals surface area contributed by atoms with Crippen LogP contribution in [0.2, 0.25) is 0 Å². The molecule has 1 amide bonds. The fraction of sp³-hybridized carbons (Fsp3) is 0.176. The van der Waals surface area contributed by atoms with Crippen LogP contribution in [0.1, 0.15) is 22.3 Å². The Labute approximate surface area is 157 Å². The summed E-state index contributed by atoms with van der Waals surface area (Å²) in [4.78, 5) is 23.0. The minimum Gasteiger partial charge on any atom is -0.481 e. The molecule has 2 heterocycles. The Hall–Kier alpha value is -2.65. The van der Waals surface area contributed by atoms with Crippen LogP contribution in [0.25, 0.3) is 10.7 Å². The Morgan fingerprint density at radius 3 is 2.58 bits per heavy atom. The van der Waals surface area contributed by atoms with E-state index in [1.165, 1.54) is 23.1 Å². The Balaban J connectivity index is 1.78. The summed E-state index contributed by atoms with van der Waals surface area (Å²) in [6, 6.07) is 10.9. The van der Waals surface area contributed by atoms with E-state index in [2.05, 4.69) is 10.2 Å². The number of primary amides is 1. The van der Waals surface area contributed by atoms with Crippen LogP contribution in [-0.2, 0) is 17.1 Å². The summed E-state index contributed by atoms with van der Waals surface area (Å²) in [7, 11) is 0. The molecular formula is C17H16N4O3S2. The number of nitrogens with zero attached hydrogens (tertiary/aromatic N) is 3. The standard InChI is InChI=1S/C17H16N4O3S2/c18-15(24)12-5-3-11(4-6-12)10-26-17-20-19-16(13-2-1-9-25-13)21(17)8-7-14(22)23/h1-6,9H,7-8,10H2,(H2,18,24)(H,22,23). The molecule has 3 rings (SSSR count). The van der Waals surface area contributed by atoms with E-state index in [1.807, 2.05) is 34.2 Å². The smallest absolute Gasteiger partial charge is 0.305 e. The van der Waals surface area contributed by atoms with Crippen molar-refractivity contribution in [3.8, 4) is 10.7 Å². The first-order chi connectivity index (χ1) is 12.5. The van der Waals surface area contributed by atoms with Gasteiger partial charge in [0.15, 0.2) is 11.0 Å². The second-order valence-electron chi connectivity index (χ2n) is 5.43. The second-order valence-corrected chi connectivity index (χ2v) is 7.32. The van der Waals surface area contributed by atoms with Gasteiger partial charge in [-0.05, 0) is 29.1 Å². The molecule has 2 aromatic heterocycles. The Morgan fingerprint density at radius 2 is 1.96 bits per heavy atom. The molecule has 1 aromatic carbocycles. The SMILES string of the molecule is NC(=O)c1ccc(CSc2nnc(-c3cccs3)n2CCC(=O)O)cc1. The molecule has 0 saturated heterocycles. The zero-order chi connectivity index (χ0) is 18.5. The van der Waals surface area contributed by atoms with Crippen molar-refractivity contribution in [1.82, 2.24) is 14.8 Å². The zero-order valence-corrected chi connectivity index (χ0v) is 15.3. The van der Waals surface area contributed by atoms with Crippen molar-refractivity contribution < 1.29 is 14.7 Å². The van der Waals surface area contributed by atoms with Gasteiger partial charge in [0.1, 0.15) is 0 Å². The quantitative estimate of drug-likeness (QED) is 0.574. The van der Waals surface area contributed by atoms with E-state index in [-0.39, 0.29) is 6.42 Å². The lowest BCUT2D eigenvalue weighted by molar-refractivity contribution is -0.137. The van der Waals surface area contributed by atoms with E-state index in [0.717, 1.165) is 10.4 Å². The van der Waals surface area contributed by atoms with Crippen molar-refractivity contribution in [2.24, 2.45) is 5.73 Å². The molecule has 0 aliphatic heterocycles. The monoisotopic (exact) mass is 388 g/mol. The maximum atomic E-state index is 11.1. The highest BCUT2D eigenvalue weighted by Crippen LogP contribution is 2.29. The number of amides is 1. The first-order valence-electron chi connectivity index (χ1n) is 7.75. The Kier molecular flexibility index (Phi) is 5.69. The number of carboxylic acids is 1. The van der Waals surface area contributed by atoms with Crippen molar-refractivity contribution >= 4 is 35.0 Å². The van der Waals surface area contributed by atoms with Gasteiger partial charge in [-0.25, -0.2) is 0 Å². The number of nitrogens with two attached hydrogens (primary N) is 1. The van der Waals surface area contributed by atoms with Crippen LogP contribution in [0.4, 0.5) is 0 Å². The van der Waals surface area contributed by atoms with Crippen LogP contribution in [-0.4, -0.2) is 31.7 Å². The third-order valence-electron chi connectivity index (χ3n) is 3.61.